The molecule has 1 atom stereocenters. The second-order valence-electron chi connectivity index (χ2n) is 4.57. The van der Waals surface area contributed by atoms with E-state index in [2.05, 4.69) is 16.3 Å². The smallest absolute Gasteiger partial charge is 0.430 e. The molecular formula is C14H11ClF3NO3. The van der Waals surface area contributed by atoms with Crippen LogP contribution in [-0.4, -0.2) is 21.1 Å². The average Bonchev–Trinajstić information content (AvgIpc) is 2.40. The fraction of sp³-hybridized carbons (Fsp3) is 0.214. The molecule has 1 aromatic heterocycles. The van der Waals surface area contributed by atoms with Crippen LogP contribution < -0.4 is 10.3 Å². The van der Waals surface area contributed by atoms with Crippen molar-refractivity contribution in [3.8, 4) is 11.4 Å². The lowest BCUT2D eigenvalue weighted by atomic mass is 10.2. The van der Waals surface area contributed by atoms with Gasteiger partial charge in [0.1, 0.15) is 5.75 Å². The Labute approximate surface area is 128 Å². The van der Waals surface area contributed by atoms with Crippen molar-refractivity contribution in [1.82, 2.24) is 4.57 Å². The topological polar surface area (TPSA) is 51.5 Å². The summed E-state index contributed by atoms with van der Waals surface area (Å²) in [5, 5.41) is 4.29. The highest BCUT2D eigenvalue weighted by atomic mass is 35.5. The normalized spacial score (nSPS) is 14.5. The Morgan fingerprint density at radius 3 is 2.55 bits per heavy atom. The fourth-order valence-electron chi connectivity index (χ4n) is 1.71. The lowest BCUT2D eigenvalue weighted by molar-refractivity contribution is -0.320. The van der Waals surface area contributed by atoms with Gasteiger partial charge in [-0.05, 0) is 36.2 Å². The minimum Gasteiger partial charge on any atom is -0.430 e. The zero-order valence-corrected chi connectivity index (χ0v) is 12.0. The molecule has 0 fully saturated rings. The van der Waals surface area contributed by atoms with E-state index in [0.29, 0.717) is 0 Å². The highest BCUT2D eigenvalue weighted by Gasteiger charge is 2.56. The summed E-state index contributed by atoms with van der Waals surface area (Å²) < 4.78 is 44.1. The Kier molecular flexibility index (Phi) is 4.21. The van der Waals surface area contributed by atoms with Gasteiger partial charge in [-0.15, -0.1) is 0 Å². The van der Waals surface area contributed by atoms with E-state index in [-0.39, 0.29) is 11.2 Å². The fourth-order valence-corrected chi connectivity index (χ4v) is 1.74. The van der Waals surface area contributed by atoms with Crippen LogP contribution in [0.3, 0.4) is 0 Å². The minimum absolute atomic E-state index is 0.250. The first-order valence-corrected chi connectivity index (χ1v) is 6.45. The van der Waals surface area contributed by atoms with Gasteiger partial charge in [-0.2, -0.15) is 13.2 Å². The number of rotatable bonds is 4. The minimum atomic E-state index is -4.64. The van der Waals surface area contributed by atoms with Gasteiger partial charge in [0, 0.05) is 18.3 Å². The summed E-state index contributed by atoms with van der Waals surface area (Å²) in [6.07, 6.45) is 1.51. The van der Waals surface area contributed by atoms with Gasteiger partial charge in [-0.1, -0.05) is 12.1 Å². The molecule has 0 amide bonds. The Hall–Kier alpha value is -1.99. The number of halogens is 4. The zero-order valence-electron chi connectivity index (χ0n) is 11.3. The first kappa shape index (κ1) is 16.4. The van der Waals surface area contributed by atoms with Crippen LogP contribution in [0.1, 0.15) is 5.56 Å². The summed E-state index contributed by atoms with van der Waals surface area (Å²) in [7, 11) is 0. The quantitative estimate of drug-likeness (QED) is 0.691. The molecule has 0 spiro atoms. The number of aryl methyl sites for hydroxylation is 1. The Morgan fingerprint density at radius 2 is 1.91 bits per heavy atom. The molecule has 0 saturated heterocycles. The van der Waals surface area contributed by atoms with Crippen molar-refractivity contribution in [2.75, 3.05) is 0 Å². The van der Waals surface area contributed by atoms with Gasteiger partial charge in [0.15, 0.2) is 0 Å². The lowest BCUT2D eigenvalue weighted by Crippen LogP contribution is -2.45. The maximum atomic E-state index is 13.3. The third kappa shape index (κ3) is 3.42. The van der Waals surface area contributed by atoms with Crippen LogP contribution in [0.4, 0.5) is 13.2 Å². The standard InChI is InChI=1S/C14H11ClF3NO3/c1-9-5-6-12(20)19(8-9)10-3-2-4-11(7-10)22-14(18,21)13(15,16)17/h2-8,21H,1H3. The molecule has 1 unspecified atom stereocenters. The van der Waals surface area contributed by atoms with Gasteiger partial charge in [0.25, 0.3) is 5.56 Å². The van der Waals surface area contributed by atoms with Crippen molar-refractivity contribution < 1.29 is 23.0 Å². The molecule has 0 radical (unpaired) electrons. The van der Waals surface area contributed by atoms with Gasteiger partial charge in [0.2, 0.25) is 0 Å². The molecule has 2 aromatic rings. The second kappa shape index (κ2) is 5.66. The number of aromatic nitrogens is 1. The van der Waals surface area contributed by atoms with E-state index in [0.717, 1.165) is 17.7 Å². The Balaban J connectivity index is 2.39. The number of pyridine rings is 1. The molecule has 0 aliphatic heterocycles. The van der Waals surface area contributed by atoms with E-state index in [1.807, 2.05) is 0 Å². The number of benzene rings is 1. The molecule has 8 heteroatoms. The first-order chi connectivity index (χ1) is 10.1. The SMILES string of the molecule is Cc1ccc(=O)n(-c2cccc(OC(O)(F)C(F)(F)Cl)c2)c1. The van der Waals surface area contributed by atoms with Crippen LogP contribution in [0.25, 0.3) is 5.69 Å². The van der Waals surface area contributed by atoms with Crippen molar-refractivity contribution in [3.63, 3.8) is 0 Å². The van der Waals surface area contributed by atoms with Gasteiger partial charge < -0.3 is 9.84 Å². The summed E-state index contributed by atoms with van der Waals surface area (Å²) in [6.45, 7) is 1.75. The van der Waals surface area contributed by atoms with Crippen LogP contribution in [0.15, 0.2) is 47.4 Å². The summed E-state index contributed by atoms with van der Waals surface area (Å²) in [6, 6.07) is 3.64. The van der Waals surface area contributed by atoms with Crippen LogP contribution in [0, 0.1) is 6.92 Å². The molecule has 0 aliphatic carbocycles. The van der Waals surface area contributed by atoms with Crippen LogP contribution in [0.5, 0.6) is 5.75 Å². The largest absolute Gasteiger partial charge is 0.442 e. The molecule has 0 bridgehead atoms. The van der Waals surface area contributed by atoms with E-state index < -0.39 is 17.2 Å². The highest BCUT2D eigenvalue weighted by molar-refractivity contribution is 6.22. The number of ether oxygens (including phenoxy) is 1. The molecule has 4 nitrogen and oxygen atoms in total. The molecule has 1 N–H and O–H groups in total. The van der Waals surface area contributed by atoms with E-state index in [9.17, 15) is 18.0 Å². The number of aliphatic hydroxyl groups is 1. The van der Waals surface area contributed by atoms with Crippen molar-refractivity contribution in [3.05, 3.63) is 58.5 Å². The van der Waals surface area contributed by atoms with Gasteiger partial charge >= 0.3 is 11.4 Å². The third-order valence-electron chi connectivity index (χ3n) is 2.76. The van der Waals surface area contributed by atoms with Crippen LogP contribution >= 0.6 is 11.6 Å². The predicted molar refractivity (Wildman–Crippen MR) is 74.3 cm³/mol. The summed E-state index contributed by atoms with van der Waals surface area (Å²) in [4.78, 5) is 11.8. The predicted octanol–water partition coefficient (Wildman–Crippen LogP) is 2.97. The third-order valence-corrected chi connectivity index (χ3v) is 2.99. The van der Waals surface area contributed by atoms with E-state index in [4.69, 9.17) is 5.11 Å². The highest BCUT2D eigenvalue weighted by Crippen LogP contribution is 2.36. The summed E-state index contributed by atoms with van der Waals surface area (Å²) in [5.41, 5.74) is 0.654. The molecule has 0 saturated carbocycles. The zero-order chi connectivity index (χ0) is 16.5. The molecule has 22 heavy (non-hydrogen) atoms. The first-order valence-electron chi connectivity index (χ1n) is 6.07. The van der Waals surface area contributed by atoms with Crippen LogP contribution in [-0.2, 0) is 0 Å². The molecule has 1 aromatic carbocycles. The number of alkyl halides is 4. The van der Waals surface area contributed by atoms with Crippen LogP contribution in [0.2, 0.25) is 0 Å². The van der Waals surface area contributed by atoms with Gasteiger partial charge in [-0.25, -0.2) is 0 Å². The van der Waals surface area contributed by atoms with E-state index in [1.165, 1.54) is 29.0 Å². The monoisotopic (exact) mass is 333 g/mol. The van der Waals surface area contributed by atoms with Crippen molar-refractivity contribution >= 4 is 11.6 Å². The Bertz CT molecular complexity index is 741. The second-order valence-corrected chi connectivity index (χ2v) is 5.05. The maximum Gasteiger partial charge on any atom is 0.442 e. The number of hydrogen-bond acceptors (Lipinski definition) is 3. The van der Waals surface area contributed by atoms with Gasteiger partial charge in [-0.3, -0.25) is 9.36 Å². The molecular weight excluding hydrogens is 323 g/mol. The number of hydrogen-bond donors (Lipinski definition) is 1. The molecule has 2 rings (SSSR count). The van der Waals surface area contributed by atoms with Crippen molar-refractivity contribution in [2.45, 2.75) is 18.3 Å². The van der Waals surface area contributed by atoms with Crippen molar-refractivity contribution in [1.29, 1.82) is 0 Å². The van der Waals surface area contributed by atoms with Gasteiger partial charge in [0.05, 0.1) is 5.69 Å². The van der Waals surface area contributed by atoms with E-state index in [1.54, 1.807) is 13.0 Å². The molecule has 1 heterocycles. The average molecular weight is 334 g/mol. The van der Waals surface area contributed by atoms with E-state index >= 15 is 0 Å². The maximum absolute atomic E-state index is 13.3. The lowest BCUT2D eigenvalue weighted by Gasteiger charge is -2.24. The molecule has 0 aliphatic rings. The molecule has 118 valence electrons. The summed E-state index contributed by atoms with van der Waals surface area (Å²) >= 11 is 4.44. The summed E-state index contributed by atoms with van der Waals surface area (Å²) in [5.74, 6) is -0.420. The van der Waals surface area contributed by atoms with Crippen molar-refractivity contribution in [2.24, 2.45) is 0 Å². The Morgan fingerprint density at radius 1 is 1.23 bits per heavy atom. The number of nitrogens with zero attached hydrogens (tertiary/aromatic N) is 1.